The molecule has 2 heterocycles. The third-order valence-corrected chi connectivity index (χ3v) is 7.39. The summed E-state index contributed by atoms with van der Waals surface area (Å²) in [5, 5.41) is 2.15. The molecule has 0 amide bonds. The molecule has 1 saturated heterocycles. The van der Waals surface area contributed by atoms with Crippen LogP contribution in [0.4, 0.5) is 0 Å². The number of fused-ring (bicyclic) bond motifs is 1. The van der Waals surface area contributed by atoms with E-state index in [4.69, 9.17) is 14.2 Å². The molecule has 0 radical (unpaired) electrons. The zero-order valence-corrected chi connectivity index (χ0v) is 20.7. The number of hydrogen-bond donors (Lipinski definition) is 0. The fraction of sp³-hybridized carbons (Fsp3) is 0.310. The second-order valence-electron chi connectivity index (χ2n) is 8.76. The SMILES string of the molecule is COc1ccc2c(Oc3ccc(OCCN4CCCCC4)cc3)c(-c3ccc(C)s3)ccc2c1. The number of hydrogen-bond acceptors (Lipinski definition) is 5. The zero-order chi connectivity index (χ0) is 23.3. The van der Waals surface area contributed by atoms with Gasteiger partial charge in [-0.1, -0.05) is 12.5 Å². The largest absolute Gasteiger partial charge is 0.497 e. The van der Waals surface area contributed by atoms with Gasteiger partial charge >= 0.3 is 0 Å². The minimum Gasteiger partial charge on any atom is -0.497 e. The first-order valence-corrected chi connectivity index (χ1v) is 12.8. The van der Waals surface area contributed by atoms with E-state index in [1.165, 1.54) is 42.1 Å². The van der Waals surface area contributed by atoms with Crippen LogP contribution in [-0.4, -0.2) is 38.3 Å². The van der Waals surface area contributed by atoms with E-state index in [2.05, 4.69) is 42.2 Å². The quantitative estimate of drug-likeness (QED) is 0.264. The van der Waals surface area contributed by atoms with E-state index in [9.17, 15) is 0 Å². The van der Waals surface area contributed by atoms with Crippen molar-refractivity contribution < 1.29 is 14.2 Å². The van der Waals surface area contributed by atoms with Crippen LogP contribution >= 0.6 is 11.3 Å². The minimum absolute atomic E-state index is 0.716. The van der Waals surface area contributed by atoms with Crippen molar-refractivity contribution in [1.82, 2.24) is 4.90 Å². The number of benzene rings is 3. The van der Waals surface area contributed by atoms with Gasteiger partial charge in [0.2, 0.25) is 0 Å². The molecule has 3 aromatic carbocycles. The topological polar surface area (TPSA) is 30.9 Å². The van der Waals surface area contributed by atoms with E-state index in [1.54, 1.807) is 18.4 Å². The Balaban J connectivity index is 1.36. The van der Waals surface area contributed by atoms with Gasteiger partial charge in [0.05, 0.1) is 7.11 Å². The highest BCUT2D eigenvalue weighted by Crippen LogP contribution is 2.42. The number of rotatable bonds is 8. The molecule has 34 heavy (non-hydrogen) atoms. The van der Waals surface area contributed by atoms with Crippen molar-refractivity contribution in [3.8, 4) is 33.4 Å². The van der Waals surface area contributed by atoms with Crippen molar-refractivity contribution in [2.75, 3.05) is 33.4 Å². The van der Waals surface area contributed by atoms with Crippen LogP contribution in [0.25, 0.3) is 21.2 Å². The van der Waals surface area contributed by atoms with Gasteiger partial charge in [-0.05, 0) is 98.9 Å². The Bertz CT molecular complexity index is 1240. The number of thiophene rings is 1. The first kappa shape index (κ1) is 22.8. The highest BCUT2D eigenvalue weighted by Gasteiger charge is 2.15. The normalized spacial score (nSPS) is 14.3. The molecular formula is C29H31NO3S. The Morgan fingerprint density at radius 3 is 2.32 bits per heavy atom. The van der Waals surface area contributed by atoms with Crippen molar-refractivity contribution in [3.63, 3.8) is 0 Å². The van der Waals surface area contributed by atoms with Gasteiger partial charge in [0.25, 0.3) is 0 Å². The van der Waals surface area contributed by atoms with Gasteiger partial charge in [-0.25, -0.2) is 0 Å². The monoisotopic (exact) mass is 473 g/mol. The Morgan fingerprint density at radius 2 is 1.59 bits per heavy atom. The lowest BCUT2D eigenvalue weighted by atomic mass is 10.0. The highest BCUT2D eigenvalue weighted by molar-refractivity contribution is 7.15. The van der Waals surface area contributed by atoms with Crippen molar-refractivity contribution >= 4 is 22.1 Å². The standard InChI is InChI=1S/C29H31NO3S/c1-21-6-15-28(34-21)27-13-7-22-20-25(31-2)12-14-26(22)29(27)33-24-10-8-23(9-11-24)32-19-18-30-16-4-3-5-17-30/h6-15,20H,3-5,16-19H2,1-2H3. The van der Waals surface area contributed by atoms with E-state index >= 15 is 0 Å². The lowest BCUT2D eigenvalue weighted by Gasteiger charge is -2.26. The lowest BCUT2D eigenvalue weighted by molar-refractivity contribution is 0.183. The van der Waals surface area contributed by atoms with Crippen LogP contribution in [0.3, 0.4) is 0 Å². The molecule has 5 heteroatoms. The molecular weight excluding hydrogens is 442 g/mol. The smallest absolute Gasteiger partial charge is 0.143 e. The summed E-state index contributed by atoms with van der Waals surface area (Å²) in [5.74, 6) is 3.37. The third kappa shape index (κ3) is 5.21. The number of ether oxygens (including phenoxy) is 3. The molecule has 0 saturated carbocycles. The maximum atomic E-state index is 6.52. The van der Waals surface area contributed by atoms with E-state index in [0.717, 1.165) is 45.9 Å². The molecule has 1 aliphatic heterocycles. The second-order valence-corrected chi connectivity index (χ2v) is 10.1. The number of piperidine rings is 1. The summed E-state index contributed by atoms with van der Waals surface area (Å²) >= 11 is 1.78. The van der Waals surface area contributed by atoms with Gasteiger partial charge < -0.3 is 14.2 Å². The number of nitrogens with zero attached hydrogens (tertiary/aromatic N) is 1. The summed E-state index contributed by atoms with van der Waals surface area (Å²) in [6, 6.07) is 22.7. The molecule has 0 atom stereocenters. The molecule has 176 valence electrons. The molecule has 0 aliphatic carbocycles. The summed E-state index contributed by atoms with van der Waals surface area (Å²) in [5.41, 5.74) is 1.10. The highest BCUT2D eigenvalue weighted by atomic mass is 32.1. The van der Waals surface area contributed by atoms with Crippen molar-refractivity contribution in [1.29, 1.82) is 0 Å². The fourth-order valence-electron chi connectivity index (χ4n) is 4.49. The molecule has 4 aromatic rings. The van der Waals surface area contributed by atoms with E-state index in [-0.39, 0.29) is 0 Å². The van der Waals surface area contributed by atoms with Crippen molar-refractivity contribution in [3.05, 3.63) is 71.6 Å². The first-order valence-electron chi connectivity index (χ1n) is 12.0. The van der Waals surface area contributed by atoms with Crippen LogP contribution in [0.15, 0.2) is 66.7 Å². The van der Waals surface area contributed by atoms with E-state index in [1.807, 2.05) is 36.4 Å². The van der Waals surface area contributed by atoms with Crippen LogP contribution < -0.4 is 14.2 Å². The molecule has 1 aromatic heterocycles. The van der Waals surface area contributed by atoms with Gasteiger partial charge in [-0.2, -0.15) is 0 Å². The summed E-state index contributed by atoms with van der Waals surface area (Å²) in [6.07, 6.45) is 3.97. The lowest BCUT2D eigenvalue weighted by Crippen LogP contribution is -2.33. The zero-order valence-electron chi connectivity index (χ0n) is 19.9. The van der Waals surface area contributed by atoms with Crippen LogP contribution in [-0.2, 0) is 0 Å². The molecule has 0 unspecified atom stereocenters. The molecule has 4 nitrogen and oxygen atoms in total. The summed E-state index contributed by atoms with van der Waals surface area (Å²) in [6.45, 7) is 6.22. The number of aryl methyl sites for hydroxylation is 1. The molecule has 5 rings (SSSR count). The van der Waals surface area contributed by atoms with Crippen LogP contribution in [0.5, 0.6) is 23.0 Å². The molecule has 0 spiro atoms. The fourth-order valence-corrected chi connectivity index (χ4v) is 5.38. The van der Waals surface area contributed by atoms with Gasteiger partial charge in [0, 0.05) is 27.2 Å². The van der Waals surface area contributed by atoms with E-state index < -0.39 is 0 Å². The average molecular weight is 474 g/mol. The van der Waals surface area contributed by atoms with Crippen molar-refractivity contribution in [2.24, 2.45) is 0 Å². The Kier molecular flexibility index (Phi) is 7.02. The van der Waals surface area contributed by atoms with Gasteiger partial charge in [0.15, 0.2) is 0 Å². The Morgan fingerprint density at radius 1 is 0.824 bits per heavy atom. The molecule has 1 aliphatic rings. The predicted molar refractivity (Wildman–Crippen MR) is 141 cm³/mol. The Hall–Kier alpha value is -3.02. The van der Waals surface area contributed by atoms with Gasteiger partial charge in [0.1, 0.15) is 29.6 Å². The number of methoxy groups -OCH3 is 1. The molecule has 1 fully saturated rings. The van der Waals surface area contributed by atoms with Gasteiger partial charge in [-0.15, -0.1) is 11.3 Å². The second kappa shape index (κ2) is 10.5. The minimum atomic E-state index is 0.716. The average Bonchev–Trinajstić information content (AvgIpc) is 3.31. The first-order chi connectivity index (χ1) is 16.7. The summed E-state index contributed by atoms with van der Waals surface area (Å²) in [4.78, 5) is 4.97. The maximum absolute atomic E-state index is 6.52. The van der Waals surface area contributed by atoms with E-state index in [0.29, 0.717) is 6.61 Å². The van der Waals surface area contributed by atoms with Crippen LogP contribution in [0, 0.1) is 6.92 Å². The maximum Gasteiger partial charge on any atom is 0.143 e. The third-order valence-electron chi connectivity index (χ3n) is 6.35. The Labute approximate surface area is 205 Å². The van der Waals surface area contributed by atoms with Crippen LogP contribution in [0.1, 0.15) is 24.1 Å². The van der Waals surface area contributed by atoms with Gasteiger partial charge in [-0.3, -0.25) is 4.90 Å². The predicted octanol–water partition coefficient (Wildman–Crippen LogP) is 7.54. The summed E-state index contributed by atoms with van der Waals surface area (Å²) in [7, 11) is 1.69. The number of likely N-dealkylation sites (tertiary alicyclic amines) is 1. The molecule has 0 bridgehead atoms. The summed E-state index contributed by atoms with van der Waals surface area (Å²) < 4.78 is 17.9. The van der Waals surface area contributed by atoms with Crippen LogP contribution in [0.2, 0.25) is 0 Å². The molecule has 0 N–H and O–H groups in total. The van der Waals surface area contributed by atoms with Crippen molar-refractivity contribution in [2.45, 2.75) is 26.2 Å².